The summed E-state index contributed by atoms with van der Waals surface area (Å²) < 4.78 is 26.4. The molecule has 0 unspecified atom stereocenters. The molecule has 1 saturated heterocycles. The molecule has 130 valence electrons. The minimum absolute atomic E-state index is 0.0908. The van der Waals surface area contributed by atoms with Gasteiger partial charge in [-0.2, -0.15) is 0 Å². The molecular weight excluding hydrogens is 326 g/mol. The van der Waals surface area contributed by atoms with Gasteiger partial charge in [0.05, 0.1) is 12.0 Å². The SMILES string of the molecule is CN1C(=O)C[C@@H](C(=O)NCc2cccc(F)c2)[C@H]1c1ccc(F)cc1. The molecule has 0 aliphatic carbocycles. The van der Waals surface area contributed by atoms with Crippen LogP contribution in [0.4, 0.5) is 8.78 Å². The highest BCUT2D eigenvalue weighted by Crippen LogP contribution is 2.37. The predicted molar refractivity (Wildman–Crippen MR) is 88.3 cm³/mol. The lowest BCUT2D eigenvalue weighted by Gasteiger charge is -2.25. The summed E-state index contributed by atoms with van der Waals surface area (Å²) in [5, 5.41) is 2.76. The van der Waals surface area contributed by atoms with Gasteiger partial charge in [0, 0.05) is 20.0 Å². The number of carbonyl (C=O) groups excluding carboxylic acids is 2. The summed E-state index contributed by atoms with van der Waals surface area (Å²) in [5.74, 6) is -1.73. The zero-order chi connectivity index (χ0) is 18.0. The number of rotatable bonds is 4. The molecule has 2 atom stereocenters. The van der Waals surface area contributed by atoms with E-state index in [1.165, 1.54) is 29.2 Å². The highest BCUT2D eigenvalue weighted by atomic mass is 19.1. The lowest BCUT2D eigenvalue weighted by molar-refractivity contribution is -0.128. The van der Waals surface area contributed by atoms with Crippen LogP contribution in [-0.2, 0) is 16.1 Å². The number of amides is 2. The maximum absolute atomic E-state index is 13.2. The van der Waals surface area contributed by atoms with Crippen LogP contribution < -0.4 is 5.32 Å². The maximum Gasteiger partial charge on any atom is 0.226 e. The lowest BCUT2D eigenvalue weighted by atomic mass is 9.93. The van der Waals surface area contributed by atoms with Crippen LogP contribution in [0.1, 0.15) is 23.6 Å². The predicted octanol–water partition coefficient (Wildman–Crippen LogP) is 2.80. The number of carbonyl (C=O) groups is 2. The van der Waals surface area contributed by atoms with Crippen molar-refractivity contribution in [1.29, 1.82) is 0 Å². The topological polar surface area (TPSA) is 49.4 Å². The van der Waals surface area contributed by atoms with E-state index in [2.05, 4.69) is 5.32 Å². The fourth-order valence-electron chi connectivity index (χ4n) is 3.19. The van der Waals surface area contributed by atoms with Gasteiger partial charge in [0.15, 0.2) is 0 Å². The average Bonchev–Trinajstić information content (AvgIpc) is 2.89. The zero-order valence-corrected chi connectivity index (χ0v) is 13.7. The fourth-order valence-corrected chi connectivity index (χ4v) is 3.19. The van der Waals surface area contributed by atoms with Crippen LogP contribution in [0.2, 0.25) is 0 Å². The van der Waals surface area contributed by atoms with Gasteiger partial charge in [-0.3, -0.25) is 9.59 Å². The molecular formula is C19H18F2N2O2. The smallest absolute Gasteiger partial charge is 0.226 e. The van der Waals surface area contributed by atoms with Crippen LogP contribution in [0, 0.1) is 17.6 Å². The van der Waals surface area contributed by atoms with Crippen LogP contribution in [0.5, 0.6) is 0 Å². The molecule has 4 nitrogen and oxygen atoms in total. The monoisotopic (exact) mass is 344 g/mol. The Bertz CT molecular complexity index is 792. The quantitative estimate of drug-likeness (QED) is 0.927. The molecule has 6 heteroatoms. The summed E-state index contributed by atoms with van der Waals surface area (Å²) in [6.45, 7) is 0.182. The molecule has 2 aromatic carbocycles. The molecule has 1 aliphatic heterocycles. The molecule has 1 fully saturated rings. The molecule has 0 spiro atoms. The van der Waals surface area contributed by atoms with Crippen molar-refractivity contribution in [2.75, 3.05) is 7.05 Å². The van der Waals surface area contributed by atoms with Crippen molar-refractivity contribution in [3.05, 3.63) is 71.3 Å². The van der Waals surface area contributed by atoms with E-state index in [4.69, 9.17) is 0 Å². The van der Waals surface area contributed by atoms with E-state index in [1.54, 1.807) is 31.3 Å². The first-order valence-electron chi connectivity index (χ1n) is 7.99. The normalized spacial score (nSPS) is 20.0. The second-order valence-corrected chi connectivity index (χ2v) is 6.16. The van der Waals surface area contributed by atoms with Crippen LogP contribution in [0.3, 0.4) is 0 Å². The number of hydrogen-bond donors (Lipinski definition) is 1. The van der Waals surface area contributed by atoms with Crippen molar-refractivity contribution < 1.29 is 18.4 Å². The van der Waals surface area contributed by atoms with Crippen LogP contribution in [-0.4, -0.2) is 23.8 Å². The molecule has 0 bridgehead atoms. The van der Waals surface area contributed by atoms with Gasteiger partial charge < -0.3 is 10.2 Å². The molecule has 1 heterocycles. The van der Waals surface area contributed by atoms with Crippen LogP contribution in [0.15, 0.2) is 48.5 Å². The fraction of sp³-hybridized carbons (Fsp3) is 0.263. The molecule has 3 rings (SSSR count). The second-order valence-electron chi connectivity index (χ2n) is 6.16. The summed E-state index contributed by atoms with van der Waals surface area (Å²) in [7, 11) is 1.64. The Morgan fingerprint density at radius 1 is 1.16 bits per heavy atom. The highest BCUT2D eigenvalue weighted by molar-refractivity contribution is 5.90. The first-order chi connectivity index (χ1) is 12.0. The van der Waals surface area contributed by atoms with Gasteiger partial charge in [0.2, 0.25) is 11.8 Å². The second kappa shape index (κ2) is 7.01. The minimum atomic E-state index is -0.573. The molecule has 1 N–H and O–H groups in total. The molecule has 2 amide bonds. The molecule has 0 saturated carbocycles. The van der Waals surface area contributed by atoms with Crippen molar-refractivity contribution in [2.45, 2.75) is 19.0 Å². The Morgan fingerprint density at radius 3 is 2.56 bits per heavy atom. The third-order valence-corrected chi connectivity index (χ3v) is 4.49. The Kier molecular flexibility index (Phi) is 4.79. The lowest BCUT2D eigenvalue weighted by Crippen LogP contribution is -2.34. The van der Waals surface area contributed by atoms with Crippen LogP contribution in [0.25, 0.3) is 0 Å². The van der Waals surface area contributed by atoms with E-state index in [0.29, 0.717) is 11.1 Å². The number of benzene rings is 2. The maximum atomic E-state index is 13.2. The molecule has 2 aromatic rings. The van der Waals surface area contributed by atoms with Gasteiger partial charge in [0.25, 0.3) is 0 Å². The van der Waals surface area contributed by atoms with Crippen LogP contribution >= 0.6 is 0 Å². The number of likely N-dealkylation sites (tertiary alicyclic amines) is 1. The Labute approximate surface area is 144 Å². The van der Waals surface area contributed by atoms with Gasteiger partial charge in [-0.15, -0.1) is 0 Å². The summed E-state index contributed by atoms with van der Waals surface area (Å²) in [6, 6.07) is 11.3. The third kappa shape index (κ3) is 3.68. The van der Waals surface area contributed by atoms with Crippen molar-refractivity contribution in [2.24, 2.45) is 5.92 Å². The standard InChI is InChI=1S/C19H18F2N2O2/c1-23-17(24)10-16(18(23)13-5-7-14(20)8-6-13)19(25)22-11-12-3-2-4-15(21)9-12/h2-9,16,18H,10-11H2,1H3,(H,22,25)/t16-,18-/m1/s1. The first-order valence-corrected chi connectivity index (χ1v) is 7.99. The molecule has 25 heavy (non-hydrogen) atoms. The number of nitrogens with zero attached hydrogens (tertiary/aromatic N) is 1. The molecule has 0 aromatic heterocycles. The van der Waals surface area contributed by atoms with Crippen molar-refractivity contribution >= 4 is 11.8 Å². The summed E-state index contributed by atoms with van der Waals surface area (Å²) in [5.41, 5.74) is 1.35. The number of nitrogens with one attached hydrogen (secondary N) is 1. The van der Waals surface area contributed by atoms with Crippen molar-refractivity contribution in [1.82, 2.24) is 10.2 Å². The van der Waals surface area contributed by atoms with Gasteiger partial charge in [-0.05, 0) is 35.4 Å². The van der Waals surface area contributed by atoms with Crippen molar-refractivity contribution in [3.8, 4) is 0 Å². The van der Waals surface area contributed by atoms with Gasteiger partial charge >= 0.3 is 0 Å². The summed E-state index contributed by atoms with van der Waals surface area (Å²) in [4.78, 5) is 26.2. The Morgan fingerprint density at radius 2 is 1.88 bits per heavy atom. The molecule has 1 aliphatic rings. The number of hydrogen-bond acceptors (Lipinski definition) is 2. The van der Waals surface area contributed by atoms with E-state index in [0.717, 1.165) is 0 Å². The van der Waals surface area contributed by atoms with E-state index in [-0.39, 0.29) is 36.4 Å². The summed E-state index contributed by atoms with van der Waals surface area (Å²) in [6.07, 6.45) is 0.0908. The van der Waals surface area contributed by atoms with E-state index in [1.807, 2.05) is 0 Å². The van der Waals surface area contributed by atoms with Crippen molar-refractivity contribution in [3.63, 3.8) is 0 Å². The van der Waals surface area contributed by atoms with Gasteiger partial charge in [-0.25, -0.2) is 8.78 Å². The Balaban J connectivity index is 1.75. The minimum Gasteiger partial charge on any atom is -0.352 e. The largest absolute Gasteiger partial charge is 0.352 e. The Hall–Kier alpha value is -2.76. The number of halogens is 2. The highest BCUT2D eigenvalue weighted by Gasteiger charge is 2.42. The summed E-state index contributed by atoms with van der Waals surface area (Å²) >= 11 is 0. The van der Waals surface area contributed by atoms with E-state index >= 15 is 0 Å². The average molecular weight is 344 g/mol. The molecule has 0 radical (unpaired) electrons. The van der Waals surface area contributed by atoms with E-state index < -0.39 is 12.0 Å². The third-order valence-electron chi connectivity index (χ3n) is 4.49. The zero-order valence-electron chi connectivity index (χ0n) is 13.7. The first kappa shape index (κ1) is 17.1. The van der Waals surface area contributed by atoms with E-state index in [9.17, 15) is 18.4 Å². The van der Waals surface area contributed by atoms with Gasteiger partial charge in [-0.1, -0.05) is 24.3 Å². The van der Waals surface area contributed by atoms with Gasteiger partial charge in [0.1, 0.15) is 11.6 Å².